The summed E-state index contributed by atoms with van der Waals surface area (Å²) in [4.78, 5) is 12.1. The molecule has 0 atom stereocenters. The van der Waals surface area contributed by atoms with E-state index in [1.165, 1.54) is 14.2 Å². The van der Waals surface area contributed by atoms with E-state index in [1.807, 2.05) is 0 Å². The molecule has 8 heteroatoms. The predicted molar refractivity (Wildman–Crippen MR) is 76.3 cm³/mol. The van der Waals surface area contributed by atoms with Crippen LogP contribution in [0.5, 0.6) is 11.5 Å². The van der Waals surface area contributed by atoms with Crippen molar-refractivity contribution >= 4 is 11.6 Å². The molecule has 0 aliphatic carbocycles. The number of methoxy groups -OCH3 is 2. The minimum atomic E-state index is -0.284. The molecule has 2 rings (SSSR count). The minimum absolute atomic E-state index is 0.284. The summed E-state index contributed by atoms with van der Waals surface area (Å²) in [5.74, 6) is 0.649. The Morgan fingerprint density at radius 1 is 1.33 bits per heavy atom. The molecule has 0 aliphatic rings. The Morgan fingerprint density at radius 2 is 2.05 bits per heavy atom. The first kappa shape index (κ1) is 14.6. The van der Waals surface area contributed by atoms with Crippen LogP contribution in [0.3, 0.4) is 0 Å². The first-order valence-electron chi connectivity index (χ1n) is 6.29. The van der Waals surface area contributed by atoms with Gasteiger partial charge in [-0.1, -0.05) is 5.21 Å². The van der Waals surface area contributed by atoms with Gasteiger partial charge in [0.1, 0.15) is 0 Å². The van der Waals surface area contributed by atoms with Gasteiger partial charge in [-0.3, -0.25) is 9.48 Å². The number of anilines is 1. The highest BCUT2D eigenvalue weighted by atomic mass is 16.5. The molecule has 3 N–H and O–H groups in total. The third kappa shape index (κ3) is 3.41. The largest absolute Gasteiger partial charge is 0.493 e. The second-order valence-corrected chi connectivity index (χ2v) is 4.22. The number of carbonyl (C=O) groups excluding carboxylic acids is 1. The van der Waals surface area contributed by atoms with Crippen LogP contribution >= 0.6 is 0 Å². The fraction of sp³-hybridized carbons (Fsp3) is 0.308. The average Bonchev–Trinajstić information content (AvgIpc) is 3.00. The van der Waals surface area contributed by atoms with Crippen molar-refractivity contribution < 1.29 is 14.3 Å². The van der Waals surface area contributed by atoms with E-state index in [1.54, 1.807) is 29.2 Å². The molecule has 0 fully saturated rings. The van der Waals surface area contributed by atoms with Crippen molar-refractivity contribution in [2.75, 3.05) is 26.5 Å². The second-order valence-electron chi connectivity index (χ2n) is 4.22. The summed E-state index contributed by atoms with van der Waals surface area (Å²) < 4.78 is 11.9. The summed E-state index contributed by atoms with van der Waals surface area (Å²) >= 11 is 0. The first-order valence-corrected chi connectivity index (χ1v) is 6.29. The Balaban J connectivity index is 2.04. The van der Waals surface area contributed by atoms with Gasteiger partial charge in [0.2, 0.25) is 0 Å². The number of nitrogens with zero attached hydrogens (tertiary/aromatic N) is 3. The third-order valence-corrected chi connectivity index (χ3v) is 2.90. The van der Waals surface area contributed by atoms with Crippen molar-refractivity contribution in [2.24, 2.45) is 0 Å². The van der Waals surface area contributed by atoms with E-state index in [9.17, 15) is 4.79 Å². The molecule has 1 amide bonds. The number of nitrogens with two attached hydrogens (primary N) is 1. The van der Waals surface area contributed by atoms with E-state index in [0.29, 0.717) is 35.8 Å². The molecular weight excluding hydrogens is 274 g/mol. The highest BCUT2D eigenvalue weighted by Gasteiger charge is 2.14. The van der Waals surface area contributed by atoms with Crippen LogP contribution in [0.2, 0.25) is 0 Å². The second kappa shape index (κ2) is 6.60. The number of nitrogen functional groups attached to an aromatic ring is 1. The number of amides is 1. The number of hydrogen-bond donors (Lipinski definition) is 2. The third-order valence-electron chi connectivity index (χ3n) is 2.90. The zero-order chi connectivity index (χ0) is 15.2. The molecule has 21 heavy (non-hydrogen) atoms. The summed E-state index contributed by atoms with van der Waals surface area (Å²) in [6, 6.07) is 3.12. The van der Waals surface area contributed by atoms with E-state index < -0.39 is 0 Å². The van der Waals surface area contributed by atoms with Gasteiger partial charge in [0.05, 0.1) is 32.5 Å². The van der Waals surface area contributed by atoms with Gasteiger partial charge in [0, 0.05) is 24.5 Å². The summed E-state index contributed by atoms with van der Waals surface area (Å²) in [6.07, 6.45) is 3.30. The molecule has 2 aromatic rings. The fourth-order valence-electron chi connectivity index (χ4n) is 1.82. The summed E-state index contributed by atoms with van der Waals surface area (Å²) in [6.45, 7) is 0.939. The summed E-state index contributed by atoms with van der Waals surface area (Å²) in [5, 5.41) is 10.3. The van der Waals surface area contributed by atoms with Crippen molar-refractivity contribution in [3.63, 3.8) is 0 Å². The molecule has 0 saturated carbocycles. The molecule has 8 nitrogen and oxygen atoms in total. The number of carbonyl (C=O) groups is 1. The van der Waals surface area contributed by atoms with Gasteiger partial charge in [-0.2, -0.15) is 0 Å². The number of aromatic nitrogens is 3. The Labute approximate surface area is 121 Å². The van der Waals surface area contributed by atoms with Gasteiger partial charge in [0.25, 0.3) is 5.91 Å². The zero-order valence-corrected chi connectivity index (χ0v) is 11.9. The average molecular weight is 291 g/mol. The maximum absolute atomic E-state index is 12.1. The molecule has 0 unspecified atom stereocenters. The first-order chi connectivity index (χ1) is 10.2. The van der Waals surface area contributed by atoms with Gasteiger partial charge in [-0.05, 0) is 6.07 Å². The normalized spacial score (nSPS) is 10.2. The fourth-order valence-corrected chi connectivity index (χ4v) is 1.82. The molecule has 1 aromatic heterocycles. The number of hydrogen-bond acceptors (Lipinski definition) is 6. The topological polar surface area (TPSA) is 104 Å². The van der Waals surface area contributed by atoms with Crippen LogP contribution in [0.15, 0.2) is 24.5 Å². The van der Waals surface area contributed by atoms with Crippen LogP contribution in [0, 0.1) is 0 Å². The SMILES string of the molecule is COc1cc(N)c(C(=O)NCCn2ccnn2)cc1OC. The predicted octanol–water partition coefficient (Wildman–Crippen LogP) is 0.307. The van der Waals surface area contributed by atoms with Crippen molar-refractivity contribution in [1.82, 2.24) is 20.3 Å². The van der Waals surface area contributed by atoms with Crippen molar-refractivity contribution in [2.45, 2.75) is 6.54 Å². The van der Waals surface area contributed by atoms with E-state index in [-0.39, 0.29) is 5.91 Å². The molecule has 0 radical (unpaired) electrons. The summed E-state index contributed by atoms with van der Waals surface area (Å²) in [5.41, 5.74) is 6.53. The van der Waals surface area contributed by atoms with Gasteiger partial charge in [0.15, 0.2) is 11.5 Å². The van der Waals surface area contributed by atoms with E-state index in [0.717, 1.165) is 0 Å². The monoisotopic (exact) mass is 291 g/mol. The van der Waals surface area contributed by atoms with Crippen molar-refractivity contribution in [3.8, 4) is 11.5 Å². The number of rotatable bonds is 6. The standard InChI is InChI=1S/C13H17N5O3/c1-20-11-7-9(10(14)8-12(11)21-2)13(19)15-3-5-18-6-4-16-17-18/h4,6-8H,3,5,14H2,1-2H3,(H,15,19). The van der Waals surface area contributed by atoms with Crippen LogP contribution in [0.1, 0.15) is 10.4 Å². The van der Waals surface area contributed by atoms with Crippen molar-refractivity contribution in [3.05, 3.63) is 30.1 Å². The number of nitrogens with one attached hydrogen (secondary N) is 1. The number of benzene rings is 1. The molecule has 0 bridgehead atoms. The highest BCUT2D eigenvalue weighted by molar-refractivity contribution is 6.00. The van der Waals surface area contributed by atoms with E-state index in [4.69, 9.17) is 15.2 Å². The van der Waals surface area contributed by atoms with Crippen LogP contribution in [-0.4, -0.2) is 41.7 Å². The Bertz CT molecular complexity index is 613. The van der Waals surface area contributed by atoms with Crippen LogP contribution < -0.4 is 20.5 Å². The van der Waals surface area contributed by atoms with E-state index >= 15 is 0 Å². The van der Waals surface area contributed by atoms with Crippen LogP contribution in [-0.2, 0) is 6.54 Å². The maximum Gasteiger partial charge on any atom is 0.253 e. The van der Waals surface area contributed by atoms with Crippen molar-refractivity contribution in [1.29, 1.82) is 0 Å². The van der Waals surface area contributed by atoms with Crippen LogP contribution in [0.4, 0.5) is 5.69 Å². The zero-order valence-electron chi connectivity index (χ0n) is 11.9. The molecule has 1 heterocycles. The van der Waals surface area contributed by atoms with E-state index in [2.05, 4.69) is 15.6 Å². The Morgan fingerprint density at radius 3 is 2.67 bits per heavy atom. The summed E-state index contributed by atoms with van der Waals surface area (Å²) in [7, 11) is 3.01. The number of ether oxygens (including phenoxy) is 2. The minimum Gasteiger partial charge on any atom is -0.493 e. The maximum atomic E-state index is 12.1. The van der Waals surface area contributed by atoms with Gasteiger partial charge in [-0.15, -0.1) is 5.10 Å². The molecule has 112 valence electrons. The van der Waals surface area contributed by atoms with Crippen LogP contribution in [0.25, 0.3) is 0 Å². The molecule has 0 aliphatic heterocycles. The lowest BCUT2D eigenvalue weighted by Gasteiger charge is -2.12. The molecule has 0 spiro atoms. The highest BCUT2D eigenvalue weighted by Crippen LogP contribution is 2.31. The lowest BCUT2D eigenvalue weighted by Crippen LogP contribution is -2.28. The lowest BCUT2D eigenvalue weighted by molar-refractivity contribution is 0.0952. The van der Waals surface area contributed by atoms with Gasteiger partial charge >= 0.3 is 0 Å². The quantitative estimate of drug-likeness (QED) is 0.742. The van der Waals surface area contributed by atoms with Gasteiger partial charge < -0.3 is 20.5 Å². The Hall–Kier alpha value is -2.77. The molecule has 1 aromatic carbocycles. The molecular formula is C13H17N5O3. The molecule has 0 saturated heterocycles. The Kier molecular flexibility index (Phi) is 4.60. The smallest absolute Gasteiger partial charge is 0.253 e. The van der Waals surface area contributed by atoms with Gasteiger partial charge in [-0.25, -0.2) is 0 Å². The lowest BCUT2D eigenvalue weighted by atomic mass is 10.1.